The second-order valence-electron chi connectivity index (χ2n) is 7.76. The van der Waals surface area contributed by atoms with Gasteiger partial charge in [0.2, 0.25) is 6.79 Å². The van der Waals surface area contributed by atoms with Gasteiger partial charge < -0.3 is 24.3 Å². The van der Waals surface area contributed by atoms with E-state index in [0.29, 0.717) is 18.5 Å². The summed E-state index contributed by atoms with van der Waals surface area (Å²) in [4.78, 5) is 0. The van der Waals surface area contributed by atoms with Crippen molar-refractivity contribution in [2.45, 2.75) is 37.1 Å². The molecule has 0 unspecified atom stereocenters. The van der Waals surface area contributed by atoms with E-state index < -0.39 is 0 Å². The highest BCUT2D eigenvalue weighted by Gasteiger charge is 2.51. The van der Waals surface area contributed by atoms with Crippen LogP contribution in [0.2, 0.25) is 0 Å². The summed E-state index contributed by atoms with van der Waals surface area (Å²) in [5, 5.41) is 14.8. The summed E-state index contributed by atoms with van der Waals surface area (Å²) in [6, 6.07) is 6.10. The minimum absolute atomic E-state index is 0.0123. The number of aromatic nitrogens is 4. The fraction of sp³-hybridized carbons (Fsp3) is 0.611. The lowest BCUT2D eigenvalue weighted by molar-refractivity contribution is -0.695. The van der Waals surface area contributed by atoms with Crippen molar-refractivity contribution in [3.8, 4) is 22.9 Å². The van der Waals surface area contributed by atoms with Gasteiger partial charge in [0, 0.05) is 11.5 Å². The van der Waals surface area contributed by atoms with Crippen molar-refractivity contribution >= 4 is 0 Å². The molecule has 142 valence electrons. The molecule has 0 radical (unpaired) electrons. The molecule has 1 aromatic carbocycles. The lowest BCUT2D eigenvalue weighted by Crippen LogP contribution is -2.93. The van der Waals surface area contributed by atoms with Gasteiger partial charge in [-0.25, -0.2) is 4.68 Å². The van der Waals surface area contributed by atoms with Crippen LogP contribution in [0.3, 0.4) is 0 Å². The minimum Gasteiger partial charge on any atom is -0.454 e. The number of tetrazole rings is 1. The molecule has 2 aromatic rings. The Balaban J connectivity index is 1.24. The molecule has 0 spiro atoms. The van der Waals surface area contributed by atoms with Crippen LogP contribution in [-0.2, 0) is 9.47 Å². The van der Waals surface area contributed by atoms with E-state index in [0.717, 1.165) is 29.6 Å². The number of hydrogen-bond acceptors (Lipinski definition) is 7. The molecule has 4 aliphatic rings. The van der Waals surface area contributed by atoms with Crippen LogP contribution in [-0.4, -0.2) is 65.0 Å². The van der Waals surface area contributed by atoms with Crippen LogP contribution in [0.4, 0.5) is 0 Å². The van der Waals surface area contributed by atoms with E-state index in [1.54, 1.807) is 0 Å². The van der Waals surface area contributed by atoms with Crippen LogP contribution in [0.5, 0.6) is 11.5 Å². The largest absolute Gasteiger partial charge is 0.454 e. The van der Waals surface area contributed by atoms with E-state index in [9.17, 15) is 0 Å². The summed E-state index contributed by atoms with van der Waals surface area (Å²) in [5.74, 6) is 3.04. The molecule has 9 nitrogen and oxygen atoms in total. The predicted octanol–water partition coefficient (Wildman–Crippen LogP) is -0.250. The number of ether oxygens (including phenoxy) is 4. The molecule has 4 atom stereocenters. The smallest absolute Gasteiger partial charge is 0.231 e. The number of nitrogens with zero attached hydrogens (tertiary/aromatic N) is 4. The molecule has 2 N–H and O–H groups in total. The average Bonchev–Trinajstić information content (AvgIpc) is 3.11. The minimum atomic E-state index is -0.0234. The van der Waals surface area contributed by atoms with Crippen molar-refractivity contribution in [1.82, 2.24) is 20.2 Å². The lowest BCUT2D eigenvalue weighted by atomic mass is 10.1. The lowest BCUT2D eigenvalue weighted by Gasteiger charge is -2.17. The van der Waals surface area contributed by atoms with Crippen LogP contribution < -0.4 is 14.8 Å². The molecule has 3 aliphatic heterocycles. The Hall–Kier alpha value is -2.23. The molecule has 9 heteroatoms. The Labute approximate surface area is 155 Å². The van der Waals surface area contributed by atoms with Gasteiger partial charge in [0.05, 0.1) is 13.2 Å². The third-order valence-electron chi connectivity index (χ3n) is 5.97. The zero-order valence-electron chi connectivity index (χ0n) is 14.9. The van der Waals surface area contributed by atoms with Gasteiger partial charge in [0.15, 0.2) is 17.3 Å². The molecular weight excluding hydrogens is 350 g/mol. The second kappa shape index (κ2) is 6.15. The van der Waals surface area contributed by atoms with E-state index in [1.165, 1.54) is 19.4 Å². The first-order valence-corrected chi connectivity index (χ1v) is 9.61. The highest BCUT2D eigenvalue weighted by atomic mass is 16.7. The number of benzene rings is 1. The monoisotopic (exact) mass is 372 g/mol. The Morgan fingerprint density at radius 2 is 1.96 bits per heavy atom. The maximum atomic E-state index is 6.13. The Morgan fingerprint density at radius 1 is 1.07 bits per heavy atom. The summed E-state index contributed by atoms with van der Waals surface area (Å²) in [7, 11) is 0. The molecule has 6 rings (SSSR count). The van der Waals surface area contributed by atoms with Crippen molar-refractivity contribution < 1.29 is 24.3 Å². The van der Waals surface area contributed by atoms with Gasteiger partial charge in [-0.15, -0.1) is 5.10 Å². The van der Waals surface area contributed by atoms with Gasteiger partial charge in [-0.1, -0.05) is 0 Å². The first kappa shape index (κ1) is 15.8. The first-order valence-electron chi connectivity index (χ1n) is 9.61. The van der Waals surface area contributed by atoms with Gasteiger partial charge in [0.25, 0.3) is 0 Å². The zero-order chi connectivity index (χ0) is 17.8. The van der Waals surface area contributed by atoms with Gasteiger partial charge >= 0.3 is 0 Å². The fourth-order valence-corrected chi connectivity index (χ4v) is 4.28. The third kappa shape index (κ3) is 2.69. The molecule has 27 heavy (non-hydrogen) atoms. The molecule has 0 bridgehead atoms. The number of fused-ring (bicyclic) bond motifs is 2. The fourth-order valence-electron chi connectivity index (χ4n) is 4.28. The Kier molecular flexibility index (Phi) is 3.60. The second-order valence-corrected chi connectivity index (χ2v) is 7.76. The van der Waals surface area contributed by atoms with Crippen LogP contribution in [0.1, 0.15) is 18.9 Å². The van der Waals surface area contributed by atoms with E-state index >= 15 is 0 Å². The Bertz CT molecular complexity index is 854. The highest BCUT2D eigenvalue weighted by Crippen LogP contribution is 2.38. The summed E-state index contributed by atoms with van der Waals surface area (Å²) < 4.78 is 25.0. The van der Waals surface area contributed by atoms with Crippen LogP contribution in [0.15, 0.2) is 18.2 Å². The molecule has 0 amide bonds. The SMILES string of the molecule is c1cc2c(cc1-c1nnnn1[C@H]1CO[C@H]3[C@@H]1OC[C@@H]3[NH2+]CC1CC1)OCO2. The number of quaternary nitrogens is 1. The summed E-state index contributed by atoms with van der Waals surface area (Å²) in [6.07, 6.45) is 2.82. The third-order valence-corrected chi connectivity index (χ3v) is 5.97. The zero-order valence-corrected chi connectivity index (χ0v) is 14.9. The molecule has 1 aromatic heterocycles. The van der Waals surface area contributed by atoms with E-state index in [4.69, 9.17) is 18.9 Å². The van der Waals surface area contributed by atoms with Crippen LogP contribution in [0.25, 0.3) is 11.4 Å². The van der Waals surface area contributed by atoms with Crippen molar-refractivity contribution in [1.29, 1.82) is 0 Å². The average molecular weight is 372 g/mol. The maximum Gasteiger partial charge on any atom is 0.231 e. The summed E-state index contributed by atoms with van der Waals surface area (Å²) >= 11 is 0. The normalized spacial score (nSPS) is 31.4. The summed E-state index contributed by atoms with van der Waals surface area (Å²) in [5.41, 5.74) is 0.891. The highest BCUT2D eigenvalue weighted by molar-refractivity contribution is 5.61. The van der Waals surface area contributed by atoms with E-state index in [2.05, 4.69) is 20.8 Å². The topological polar surface area (TPSA) is 97.1 Å². The number of nitrogens with two attached hydrogens (primary N) is 1. The molecule has 1 aliphatic carbocycles. The van der Waals surface area contributed by atoms with Crippen molar-refractivity contribution in [3.05, 3.63) is 18.2 Å². The summed E-state index contributed by atoms with van der Waals surface area (Å²) in [6.45, 7) is 2.71. The van der Waals surface area contributed by atoms with Crippen molar-refractivity contribution in [2.75, 3.05) is 26.6 Å². The molecular formula is C18H22N5O4+. The van der Waals surface area contributed by atoms with Gasteiger partial charge in [0.1, 0.15) is 30.9 Å². The van der Waals surface area contributed by atoms with Crippen LogP contribution >= 0.6 is 0 Å². The van der Waals surface area contributed by atoms with Crippen molar-refractivity contribution in [2.24, 2.45) is 5.92 Å². The predicted molar refractivity (Wildman–Crippen MR) is 91.2 cm³/mol. The van der Waals surface area contributed by atoms with Crippen LogP contribution in [0, 0.1) is 5.92 Å². The van der Waals surface area contributed by atoms with Gasteiger partial charge in [-0.05, 0) is 41.5 Å². The quantitative estimate of drug-likeness (QED) is 0.773. The van der Waals surface area contributed by atoms with Crippen molar-refractivity contribution in [3.63, 3.8) is 0 Å². The molecule has 4 heterocycles. The molecule has 1 saturated carbocycles. The Morgan fingerprint density at radius 3 is 2.89 bits per heavy atom. The van der Waals surface area contributed by atoms with E-state index in [1.807, 2.05) is 22.9 Å². The molecule has 2 saturated heterocycles. The number of hydrogen-bond donors (Lipinski definition) is 1. The van der Waals surface area contributed by atoms with E-state index in [-0.39, 0.29) is 25.0 Å². The first-order chi connectivity index (χ1) is 13.4. The number of rotatable bonds is 5. The van der Waals surface area contributed by atoms with Gasteiger partial charge in [-0.3, -0.25) is 0 Å². The van der Waals surface area contributed by atoms with Gasteiger partial charge in [-0.2, -0.15) is 0 Å². The standard InChI is InChI=1S/C18H21N5O4/c1-2-10(1)6-19-12-7-24-17-13(8-25-16(12)17)23-18(20-21-22-23)11-3-4-14-15(5-11)27-9-26-14/h3-5,10,12-13,16-17,19H,1-2,6-9H2/p+1/t12-,13-,16+,17+/m0/s1. The maximum absolute atomic E-state index is 6.13. The molecule has 3 fully saturated rings.